The first-order chi connectivity index (χ1) is 22.6. The summed E-state index contributed by atoms with van der Waals surface area (Å²) in [7, 11) is -6.89. The molecule has 0 radical (unpaired) electrons. The quantitative estimate of drug-likeness (QED) is 0.0707. The van der Waals surface area contributed by atoms with Crippen molar-refractivity contribution in [1.29, 1.82) is 0 Å². The Kier molecular flexibility index (Phi) is 15.5. The monoisotopic (exact) mass is 898 g/mol. The molecular weight excluding hydrogens is 889 g/mol. The molecule has 0 fully saturated rings. The van der Waals surface area contributed by atoms with Gasteiger partial charge in [-0.1, -0.05) is 0 Å². The van der Waals surface area contributed by atoms with Crippen LogP contribution >= 0.6 is 0 Å². The molecule has 0 aromatic rings. The molecular formula is C19H9F26NaO7S. The molecule has 54 heavy (non-hydrogen) atoms. The Morgan fingerprint density at radius 1 is 0.426 bits per heavy atom. The number of hydrogen-bond acceptors (Lipinski definition) is 7. The molecule has 316 valence electrons. The van der Waals surface area contributed by atoms with Crippen molar-refractivity contribution in [3.8, 4) is 0 Å². The van der Waals surface area contributed by atoms with Gasteiger partial charge >= 0.3 is 113 Å². The smallest absolute Gasteiger partial charge is 0.747 e. The van der Waals surface area contributed by atoms with E-state index in [1.165, 1.54) is 0 Å². The maximum atomic E-state index is 13.7. The number of halogens is 26. The van der Waals surface area contributed by atoms with Crippen molar-refractivity contribution in [2.75, 3.05) is 13.2 Å². The van der Waals surface area contributed by atoms with Crippen LogP contribution in [0.15, 0.2) is 0 Å². The Morgan fingerprint density at radius 3 is 0.815 bits per heavy atom. The van der Waals surface area contributed by atoms with Gasteiger partial charge in [0.2, 0.25) is 5.25 Å². The van der Waals surface area contributed by atoms with Gasteiger partial charge in [0.1, 0.15) is 10.1 Å². The largest absolute Gasteiger partial charge is 1.00 e. The number of hydrogen-bond donors (Lipinski definition) is 0. The number of ether oxygens (including phenoxy) is 2. The zero-order valence-electron chi connectivity index (χ0n) is 24.5. The van der Waals surface area contributed by atoms with Crippen LogP contribution in [0.3, 0.4) is 0 Å². The fraction of sp³-hybridized carbons (Fsp3) is 0.895. The van der Waals surface area contributed by atoms with Crippen molar-refractivity contribution >= 4 is 22.1 Å². The maximum Gasteiger partial charge on any atom is 1.00 e. The van der Waals surface area contributed by atoms with Gasteiger partial charge in [0.25, 0.3) is 0 Å². The first-order valence-corrected chi connectivity index (χ1v) is 13.3. The van der Waals surface area contributed by atoms with E-state index in [0.717, 1.165) is 0 Å². The van der Waals surface area contributed by atoms with Gasteiger partial charge in [0.15, 0.2) is 0 Å². The third-order valence-corrected chi connectivity index (χ3v) is 7.00. The molecule has 0 aromatic carbocycles. The van der Waals surface area contributed by atoms with E-state index in [4.69, 9.17) is 0 Å². The van der Waals surface area contributed by atoms with E-state index >= 15 is 0 Å². The summed E-state index contributed by atoms with van der Waals surface area (Å²) in [5, 5.41) is -4.43. The van der Waals surface area contributed by atoms with Crippen molar-refractivity contribution in [2.24, 2.45) is 0 Å². The Bertz CT molecular complexity index is 1360. The van der Waals surface area contributed by atoms with Gasteiger partial charge in [0.05, 0.1) is 26.1 Å². The van der Waals surface area contributed by atoms with E-state index < -0.39 is 125 Å². The van der Waals surface area contributed by atoms with Crippen LogP contribution < -0.4 is 29.6 Å². The molecule has 0 bridgehead atoms. The zero-order valence-corrected chi connectivity index (χ0v) is 27.3. The van der Waals surface area contributed by atoms with Gasteiger partial charge in [0, 0.05) is 0 Å². The van der Waals surface area contributed by atoms with Gasteiger partial charge in [-0.15, -0.1) is 0 Å². The second-order valence-corrected chi connectivity index (χ2v) is 11.2. The van der Waals surface area contributed by atoms with Crippen LogP contribution in [-0.2, 0) is 29.2 Å². The molecule has 35 heteroatoms. The van der Waals surface area contributed by atoms with Gasteiger partial charge < -0.3 is 14.0 Å². The third-order valence-electron chi connectivity index (χ3n) is 6.03. The molecule has 0 aromatic heterocycles. The first kappa shape index (κ1) is 54.1. The Labute approximate surface area is 300 Å². The van der Waals surface area contributed by atoms with E-state index in [0.29, 0.717) is 0 Å². The van der Waals surface area contributed by atoms with E-state index in [-0.39, 0.29) is 29.6 Å². The van der Waals surface area contributed by atoms with Crippen molar-refractivity contribution in [3.63, 3.8) is 0 Å². The van der Waals surface area contributed by atoms with Crippen LogP contribution in [0.1, 0.15) is 12.8 Å². The van der Waals surface area contributed by atoms with E-state index in [1.54, 1.807) is 0 Å². The summed E-state index contributed by atoms with van der Waals surface area (Å²) in [5.74, 6) is -86.7. The standard InChI is InChI=1S/C19H10F26O7S.Na/c20-8(21,10(24,25)12(28,29)14(32,33)16(36,37)18(40,41)42)1-3-51-6(46)5(53(48,49)50)7(47)52-4-2-9(22,23)11(26,27)13(30,31)15(34,35)17(38,39)19(43,44)45;/h5H,1-4H2,(H,48,49,50);/q;+1/p-1. The van der Waals surface area contributed by atoms with Crippen LogP contribution in [0.4, 0.5) is 114 Å². The van der Waals surface area contributed by atoms with Crippen molar-refractivity contribution in [2.45, 2.75) is 89.7 Å². The second-order valence-electron chi connectivity index (χ2n) is 9.71. The fourth-order valence-electron chi connectivity index (χ4n) is 2.96. The van der Waals surface area contributed by atoms with Crippen LogP contribution in [-0.4, -0.2) is 115 Å². The molecule has 0 saturated carbocycles. The fourth-order valence-corrected chi connectivity index (χ4v) is 3.57. The molecule has 0 amide bonds. The summed E-state index contributed by atoms with van der Waals surface area (Å²) in [6.07, 6.45) is -22.6. The third kappa shape index (κ3) is 8.93. The van der Waals surface area contributed by atoms with Crippen LogP contribution in [0.25, 0.3) is 0 Å². The minimum atomic E-state index is -8.42. The molecule has 0 saturated heterocycles. The van der Waals surface area contributed by atoms with Gasteiger partial charge in [-0.25, -0.2) is 8.42 Å². The van der Waals surface area contributed by atoms with Crippen LogP contribution in [0, 0.1) is 0 Å². The second kappa shape index (κ2) is 15.4. The molecule has 0 unspecified atom stereocenters. The number of rotatable bonds is 17. The van der Waals surface area contributed by atoms with Gasteiger partial charge in [-0.3, -0.25) is 9.59 Å². The number of alkyl halides is 26. The molecule has 0 aliphatic carbocycles. The Morgan fingerprint density at radius 2 is 0.630 bits per heavy atom. The topological polar surface area (TPSA) is 110 Å². The molecule has 0 heterocycles. The minimum Gasteiger partial charge on any atom is -0.747 e. The number of carbonyl (C=O) groups excluding carboxylic acids is 2. The summed E-state index contributed by atoms with van der Waals surface area (Å²) in [6.45, 7) is -5.76. The maximum absolute atomic E-state index is 13.7. The van der Waals surface area contributed by atoms with Gasteiger partial charge in [-0.05, 0) is 0 Å². The van der Waals surface area contributed by atoms with Crippen molar-refractivity contribution in [3.05, 3.63) is 0 Å². The molecule has 0 aliphatic heterocycles. The molecule has 0 atom stereocenters. The molecule has 0 spiro atoms. The number of carbonyl (C=O) groups is 2. The summed E-state index contributed by atoms with van der Waals surface area (Å²) >= 11 is 0. The molecule has 7 nitrogen and oxygen atoms in total. The normalized spacial score (nSPS) is 15.6. The zero-order chi connectivity index (χ0) is 43.5. The van der Waals surface area contributed by atoms with E-state index in [2.05, 4.69) is 9.47 Å². The van der Waals surface area contributed by atoms with Crippen molar-refractivity contribution < 1.29 is 176 Å². The SMILES string of the molecule is O=C(OCCC(F)(F)C(F)(F)C(F)(F)C(F)(F)C(F)(F)C(F)(F)F)C(C(=O)OCCC(F)(F)C(F)(F)C(F)(F)C(F)(F)C(F)(F)C(F)(F)F)S(=O)(=O)[O-].[Na+]. The summed E-state index contributed by atoms with van der Waals surface area (Å²) in [4.78, 5) is 23.3. The van der Waals surface area contributed by atoms with Crippen molar-refractivity contribution in [1.82, 2.24) is 0 Å². The molecule has 0 N–H and O–H groups in total. The predicted octanol–water partition coefficient (Wildman–Crippen LogP) is 4.25. The summed E-state index contributed by atoms with van der Waals surface area (Å²) in [6, 6.07) is 0. The van der Waals surface area contributed by atoms with E-state index in [9.17, 15) is 137 Å². The first-order valence-electron chi connectivity index (χ1n) is 11.8. The van der Waals surface area contributed by atoms with Crippen LogP contribution in [0.5, 0.6) is 0 Å². The minimum absolute atomic E-state index is 0. The molecule has 0 rings (SSSR count). The molecule has 0 aliphatic rings. The Hall–Kier alpha value is -1.97. The number of esters is 2. The predicted molar refractivity (Wildman–Crippen MR) is 106 cm³/mol. The summed E-state index contributed by atoms with van der Waals surface area (Å²) < 4.78 is 380. The van der Waals surface area contributed by atoms with E-state index in [1.807, 2.05) is 0 Å². The Balaban J connectivity index is 0. The van der Waals surface area contributed by atoms with Gasteiger partial charge in [-0.2, -0.15) is 114 Å². The summed E-state index contributed by atoms with van der Waals surface area (Å²) in [5.41, 5.74) is 0. The average Bonchev–Trinajstić information content (AvgIpc) is 2.89. The average molecular weight is 898 g/mol. The van der Waals surface area contributed by atoms with Crippen LogP contribution in [0.2, 0.25) is 0 Å².